The van der Waals surface area contributed by atoms with Gasteiger partial charge in [0.2, 0.25) is 5.28 Å². The van der Waals surface area contributed by atoms with Gasteiger partial charge in [-0.1, -0.05) is 0 Å². The van der Waals surface area contributed by atoms with Gasteiger partial charge in [0.05, 0.1) is 18.1 Å². The first-order valence-corrected chi connectivity index (χ1v) is 5.34. The highest BCUT2D eigenvalue weighted by Gasteiger charge is 2.22. The monoisotopic (exact) mass is 279 g/mol. The van der Waals surface area contributed by atoms with Crippen LogP contribution in [0.2, 0.25) is 0 Å². The number of carbonyl (C=O) groups excluding carboxylic acids is 1. The van der Waals surface area contributed by atoms with Crippen LogP contribution in [0.3, 0.4) is 0 Å². The quantitative estimate of drug-likeness (QED) is 0.237. The number of hydrazine groups is 1. The van der Waals surface area contributed by atoms with Crippen LogP contribution >= 0.6 is 0 Å². The summed E-state index contributed by atoms with van der Waals surface area (Å²) < 4.78 is 8.70. The average Bonchev–Trinajstić information content (AvgIpc) is 2.32. The number of rotatable bonds is 7. The summed E-state index contributed by atoms with van der Waals surface area (Å²) in [6.45, 7) is 3.99. The molecule has 10 heteroatoms. The Morgan fingerprint density at radius 2 is 2.00 bits per heavy atom. The van der Waals surface area contributed by atoms with Crippen LogP contribution in [-0.2, 0) is 19.1 Å². The minimum absolute atomic E-state index is 0.0179. The molecule has 0 aliphatic heterocycles. The number of carboxylic acid groups (broad SMARTS) is 1. The van der Waals surface area contributed by atoms with Crippen LogP contribution < -0.4 is 0 Å². The molecule has 0 amide bonds. The van der Waals surface area contributed by atoms with E-state index in [2.05, 4.69) is 19.6 Å². The van der Waals surface area contributed by atoms with Gasteiger partial charge in [0.25, 0.3) is 6.29 Å². The zero-order valence-corrected chi connectivity index (χ0v) is 11.1. The van der Waals surface area contributed by atoms with Gasteiger partial charge in [0, 0.05) is 6.92 Å². The molecule has 1 atom stereocenters. The highest BCUT2D eigenvalue weighted by Crippen LogP contribution is 2.02. The molecule has 0 saturated heterocycles. The fourth-order valence-electron chi connectivity index (χ4n) is 0.938. The minimum atomic E-state index is -1.19. The number of ether oxygens (including phenoxy) is 2. The van der Waals surface area contributed by atoms with Crippen molar-refractivity contribution >= 4 is 12.1 Å². The molecule has 10 nitrogen and oxygen atoms in total. The van der Waals surface area contributed by atoms with Crippen molar-refractivity contribution in [2.45, 2.75) is 33.1 Å². The second kappa shape index (κ2) is 7.95. The zero-order valence-electron chi connectivity index (χ0n) is 11.1. The molecule has 0 aliphatic carbocycles. The van der Waals surface area contributed by atoms with E-state index >= 15 is 0 Å². The van der Waals surface area contributed by atoms with Crippen LogP contribution in [-0.4, -0.2) is 53.2 Å². The van der Waals surface area contributed by atoms with Crippen LogP contribution in [0.25, 0.3) is 0 Å². The van der Waals surface area contributed by atoms with Gasteiger partial charge in [0.1, 0.15) is 0 Å². The van der Waals surface area contributed by atoms with Gasteiger partial charge in [-0.2, -0.15) is 0 Å². The molecule has 0 radical (unpaired) electrons. The lowest BCUT2D eigenvalue weighted by molar-refractivity contribution is -0.717. The van der Waals surface area contributed by atoms with E-state index in [1.807, 2.05) is 0 Å². The molecule has 1 N–H and O–H groups in total. The molecule has 0 aliphatic rings. The molecule has 0 rings (SSSR count). The fraction of sp³-hybridized carbons (Fsp3) is 0.778. The standard InChI is InChI=1S/C9H17N3O7/c1-6(2)11(5-8(13)14)12(16)10-19-7(3)18-9(15)17-4/h6-7H,5H2,1-4H3,(H,13,14)/b12-10-. The highest BCUT2D eigenvalue weighted by molar-refractivity contribution is 5.68. The zero-order chi connectivity index (χ0) is 15.0. The predicted octanol–water partition coefficient (Wildman–Crippen LogP) is 0.720. The SMILES string of the molecule is COC(=O)OC(C)O/N=[N+](\[O-])N(CC(=O)O)C(C)C. The summed E-state index contributed by atoms with van der Waals surface area (Å²) in [4.78, 5) is 25.8. The Kier molecular flexibility index (Phi) is 7.00. The molecule has 0 fully saturated rings. The summed E-state index contributed by atoms with van der Waals surface area (Å²) in [6, 6.07) is -0.405. The van der Waals surface area contributed by atoms with E-state index in [0.29, 0.717) is 0 Å². The number of carboxylic acids is 1. The van der Waals surface area contributed by atoms with E-state index < -0.39 is 31.0 Å². The van der Waals surface area contributed by atoms with Crippen LogP contribution in [0.5, 0.6) is 0 Å². The van der Waals surface area contributed by atoms with Crippen LogP contribution in [0, 0.1) is 5.21 Å². The first kappa shape index (κ1) is 16.7. The normalized spacial score (nSPS) is 12.8. The van der Waals surface area contributed by atoms with Gasteiger partial charge in [-0.3, -0.25) is 9.63 Å². The Hall–Kier alpha value is -2.26. The summed E-state index contributed by atoms with van der Waals surface area (Å²) in [7, 11) is 1.11. The molecule has 0 saturated carbocycles. The summed E-state index contributed by atoms with van der Waals surface area (Å²) in [5.74, 6) is -1.19. The predicted molar refractivity (Wildman–Crippen MR) is 59.6 cm³/mol. The first-order chi connectivity index (χ1) is 8.77. The lowest BCUT2D eigenvalue weighted by Gasteiger charge is -2.19. The highest BCUT2D eigenvalue weighted by atomic mass is 16.8. The van der Waals surface area contributed by atoms with E-state index in [-0.39, 0.29) is 4.97 Å². The summed E-state index contributed by atoms with van der Waals surface area (Å²) >= 11 is 0. The van der Waals surface area contributed by atoms with Crippen LogP contribution in [0.15, 0.2) is 5.28 Å². The van der Waals surface area contributed by atoms with E-state index in [9.17, 15) is 14.8 Å². The van der Waals surface area contributed by atoms with Crippen molar-refractivity contribution in [2.75, 3.05) is 13.7 Å². The number of methoxy groups -OCH3 is 1. The summed E-state index contributed by atoms with van der Waals surface area (Å²) in [5.41, 5.74) is 0. The Morgan fingerprint density at radius 1 is 1.42 bits per heavy atom. The Morgan fingerprint density at radius 3 is 2.42 bits per heavy atom. The van der Waals surface area contributed by atoms with Crippen LogP contribution in [0.4, 0.5) is 4.79 Å². The molecule has 1 unspecified atom stereocenters. The first-order valence-electron chi connectivity index (χ1n) is 5.34. The molecular weight excluding hydrogens is 262 g/mol. The van der Waals surface area contributed by atoms with Gasteiger partial charge >= 0.3 is 12.1 Å². The maximum absolute atomic E-state index is 11.5. The molecule has 0 bridgehead atoms. The van der Waals surface area contributed by atoms with Gasteiger partial charge < -0.3 is 19.8 Å². The maximum atomic E-state index is 11.5. The maximum Gasteiger partial charge on any atom is 0.511 e. The van der Waals surface area contributed by atoms with E-state index in [4.69, 9.17) is 5.11 Å². The molecule has 0 spiro atoms. The molecule has 0 aromatic carbocycles. The van der Waals surface area contributed by atoms with Crippen molar-refractivity contribution in [3.05, 3.63) is 5.21 Å². The average molecular weight is 279 g/mol. The Labute approximate surface area is 109 Å². The van der Waals surface area contributed by atoms with Gasteiger partial charge in [-0.15, -0.1) is 5.01 Å². The molecule has 0 heterocycles. The molecule has 0 aromatic rings. The largest absolute Gasteiger partial charge is 0.569 e. The topological polar surface area (TPSA) is 124 Å². The number of hydrogen-bond acceptors (Lipinski definition) is 7. The third-order valence-electron chi connectivity index (χ3n) is 1.81. The minimum Gasteiger partial charge on any atom is -0.569 e. The smallest absolute Gasteiger partial charge is 0.511 e. The molecular formula is C9H17N3O7. The molecule has 19 heavy (non-hydrogen) atoms. The van der Waals surface area contributed by atoms with Gasteiger partial charge in [-0.25, -0.2) is 4.79 Å². The number of carbonyl (C=O) groups is 2. The molecule has 110 valence electrons. The van der Waals surface area contributed by atoms with Crippen molar-refractivity contribution in [3.63, 3.8) is 0 Å². The number of aliphatic carboxylic acids is 1. The summed E-state index contributed by atoms with van der Waals surface area (Å²) in [6.07, 6.45) is -2.14. The van der Waals surface area contributed by atoms with Crippen molar-refractivity contribution in [2.24, 2.45) is 5.28 Å². The van der Waals surface area contributed by atoms with Crippen LogP contribution in [0.1, 0.15) is 20.8 Å². The van der Waals surface area contributed by atoms with Gasteiger partial charge in [0.15, 0.2) is 6.54 Å². The third-order valence-corrected chi connectivity index (χ3v) is 1.81. The van der Waals surface area contributed by atoms with Crippen molar-refractivity contribution in [1.82, 2.24) is 5.01 Å². The second-order valence-corrected chi connectivity index (χ2v) is 3.66. The lowest BCUT2D eigenvalue weighted by atomic mass is 10.4. The second-order valence-electron chi connectivity index (χ2n) is 3.66. The van der Waals surface area contributed by atoms with E-state index in [1.165, 1.54) is 6.92 Å². The van der Waals surface area contributed by atoms with Crippen molar-refractivity contribution in [1.29, 1.82) is 0 Å². The number of nitrogens with zero attached hydrogens (tertiary/aromatic N) is 3. The third kappa shape index (κ3) is 6.91. The van der Waals surface area contributed by atoms with E-state index in [0.717, 1.165) is 12.1 Å². The van der Waals surface area contributed by atoms with E-state index in [1.54, 1.807) is 13.8 Å². The Bertz CT molecular complexity index is 345. The van der Waals surface area contributed by atoms with Gasteiger partial charge in [-0.05, 0) is 13.8 Å². The van der Waals surface area contributed by atoms with Crippen molar-refractivity contribution < 1.29 is 34.0 Å². The molecule has 0 aromatic heterocycles. The van der Waals surface area contributed by atoms with Crippen molar-refractivity contribution in [3.8, 4) is 0 Å². The number of hydrogen-bond donors (Lipinski definition) is 1. The fourth-order valence-corrected chi connectivity index (χ4v) is 0.938. The summed E-state index contributed by atoms with van der Waals surface area (Å²) in [5, 5.41) is 24.1. The lowest BCUT2D eigenvalue weighted by Crippen LogP contribution is -2.40. The Balaban J connectivity index is 4.50.